The molecule has 1 N–H and O–H groups in total. The van der Waals surface area contributed by atoms with Gasteiger partial charge in [0, 0.05) is 19.2 Å². The summed E-state index contributed by atoms with van der Waals surface area (Å²) in [4.78, 5) is 34.3. The molecule has 1 aromatic carbocycles. The van der Waals surface area contributed by atoms with E-state index in [1.807, 2.05) is 0 Å². The van der Waals surface area contributed by atoms with Gasteiger partial charge in [-0.15, -0.1) is 0 Å². The minimum atomic E-state index is -0.673. The van der Waals surface area contributed by atoms with Crippen molar-refractivity contribution in [2.45, 2.75) is 38.8 Å². The second-order valence-corrected chi connectivity index (χ2v) is 6.77. The van der Waals surface area contributed by atoms with Crippen molar-refractivity contribution in [3.8, 4) is 0 Å². The van der Waals surface area contributed by atoms with E-state index in [1.54, 1.807) is 25.7 Å². The zero-order chi connectivity index (χ0) is 18.8. The van der Waals surface area contributed by atoms with Crippen molar-refractivity contribution in [2.24, 2.45) is 0 Å². The Labute approximate surface area is 144 Å². The smallest absolute Gasteiger partial charge is 0.407 e. The number of non-ortho nitro benzene ring substituents is 1. The second kappa shape index (κ2) is 6.91. The number of amides is 1. The highest BCUT2D eigenvalue weighted by Crippen LogP contribution is 2.33. The zero-order valence-electron chi connectivity index (χ0n) is 14.2. The summed E-state index contributed by atoms with van der Waals surface area (Å²) in [5.41, 5.74) is -0.978. The lowest BCUT2D eigenvalue weighted by molar-refractivity contribution is -0.393. The van der Waals surface area contributed by atoms with Crippen LogP contribution >= 0.6 is 0 Å². The molecule has 1 fully saturated rings. The number of hydrogen-bond acceptors (Lipinski definition) is 7. The van der Waals surface area contributed by atoms with Crippen LogP contribution in [0.1, 0.15) is 27.2 Å². The van der Waals surface area contributed by atoms with Gasteiger partial charge in [0.1, 0.15) is 11.3 Å². The summed E-state index contributed by atoms with van der Waals surface area (Å²) in [5, 5.41) is 24.8. The first-order chi connectivity index (χ1) is 11.6. The minimum absolute atomic E-state index is 0.218. The number of ether oxygens (including phenoxy) is 1. The number of rotatable bonds is 4. The van der Waals surface area contributed by atoms with E-state index in [2.05, 4.69) is 5.32 Å². The molecule has 0 aromatic heterocycles. The van der Waals surface area contributed by atoms with Crippen LogP contribution in [-0.4, -0.2) is 40.7 Å². The molecule has 1 aromatic rings. The Bertz CT molecular complexity index is 700. The van der Waals surface area contributed by atoms with Crippen molar-refractivity contribution >= 4 is 23.2 Å². The van der Waals surface area contributed by atoms with Gasteiger partial charge in [-0.25, -0.2) is 4.79 Å². The van der Waals surface area contributed by atoms with Crippen molar-refractivity contribution in [1.29, 1.82) is 0 Å². The predicted molar refractivity (Wildman–Crippen MR) is 89.7 cm³/mol. The van der Waals surface area contributed by atoms with E-state index in [9.17, 15) is 25.0 Å². The topological polar surface area (TPSA) is 128 Å². The summed E-state index contributed by atoms with van der Waals surface area (Å²) in [7, 11) is 0. The van der Waals surface area contributed by atoms with Crippen LogP contribution in [0.15, 0.2) is 18.2 Å². The number of nitrogens with zero attached hydrogens (tertiary/aromatic N) is 3. The first-order valence-electron chi connectivity index (χ1n) is 7.74. The Kier molecular flexibility index (Phi) is 5.10. The molecule has 1 amide bonds. The van der Waals surface area contributed by atoms with Gasteiger partial charge in [0.05, 0.1) is 22.0 Å². The summed E-state index contributed by atoms with van der Waals surface area (Å²) in [6.45, 7) is 6.12. The van der Waals surface area contributed by atoms with Crippen molar-refractivity contribution in [3.63, 3.8) is 0 Å². The average Bonchev–Trinajstić information content (AvgIpc) is 2.92. The predicted octanol–water partition coefficient (Wildman–Crippen LogP) is 2.61. The van der Waals surface area contributed by atoms with Crippen molar-refractivity contribution in [1.82, 2.24) is 5.32 Å². The quantitative estimate of drug-likeness (QED) is 0.651. The van der Waals surface area contributed by atoms with Gasteiger partial charge >= 0.3 is 6.09 Å². The van der Waals surface area contributed by atoms with Crippen LogP contribution in [0.3, 0.4) is 0 Å². The zero-order valence-corrected chi connectivity index (χ0v) is 14.2. The maximum Gasteiger partial charge on any atom is 0.407 e. The second-order valence-electron chi connectivity index (χ2n) is 6.77. The van der Waals surface area contributed by atoms with Gasteiger partial charge in [-0.1, -0.05) is 0 Å². The maximum atomic E-state index is 11.8. The summed E-state index contributed by atoms with van der Waals surface area (Å²) in [5.74, 6) is 0. The Balaban J connectivity index is 2.10. The highest BCUT2D eigenvalue weighted by molar-refractivity contribution is 5.70. The number of nitrogens with one attached hydrogen (secondary N) is 1. The van der Waals surface area contributed by atoms with Gasteiger partial charge in [-0.3, -0.25) is 20.2 Å². The Hall–Kier alpha value is -2.91. The number of carbonyl (C=O) groups excluding carboxylic acids is 1. The molecule has 0 spiro atoms. The molecule has 10 nitrogen and oxygen atoms in total. The fourth-order valence-corrected chi connectivity index (χ4v) is 2.61. The van der Waals surface area contributed by atoms with Crippen LogP contribution in [-0.2, 0) is 4.74 Å². The van der Waals surface area contributed by atoms with E-state index in [1.165, 1.54) is 12.1 Å². The van der Waals surface area contributed by atoms with E-state index < -0.39 is 21.5 Å². The normalized spacial score (nSPS) is 17.2. The summed E-state index contributed by atoms with van der Waals surface area (Å²) >= 11 is 0. The fraction of sp³-hybridized carbons (Fsp3) is 0.533. The lowest BCUT2D eigenvalue weighted by Gasteiger charge is -2.22. The van der Waals surface area contributed by atoms with E-state index >= 15 is 0 Å². The molecule has 0 radical (unpaired) electrons. The standard InChI is InChI=1S/C15H20N4O6/c1-15(2,3)25-14(20)16-10-6-7-17(9-10)12-5-4-11(18(21)22)8-13(12)19(23)24/h4-5,8,10H,6-7,9H2,1-3H3,(H,16,20)/t10-/m0/s1. The third-order valence-electron chi connectivity index (χ3n) is 3.62. The molecule has 10 heteroatoms. The first kappa shape index (κ1) is 18.4. The molecule has 1 aliphatic heterocycles. The van der Waals surface area contributed by atoms with Crippen molar-refractivity contribution in [3.05, 3.63) is 38.4 Å². The molecule has 1 heterocycles. The SMILES string of the molecule is CC(C)(C)OC(=O)N[C@H]1CCN(c2ccc([N+](=O)[O-])cc2[N+](=O)[O-])C1. The number of anilines is 1. The van der Waals surface area contributed by atoms with Crippen LogP contribution in [0.4, 0.5) is 21.9 Å². The Morgan fingerprint density at radius 3 is 2.52 bits per heavy atom. The molecular formula is C15H20N4O6. The first-order valence-corrected chi connectivity index (χ1v) is 7.74. The number of nitro benzene ring substituents is 2. The van der Waals surface area contributed by atoms with E-state index in [4.69, 9.17) is 4.74 Å². The monoisotopic (exact) mass is 352 g/mol. The van der Waals surface area contributed by atoms with Gasteiger partial charge in [-0.05, 0) is 33.3 Å². The molecular weight excluding hydrogens is 332 g/mol. The van der Waals surface area contributed by atoms with Gasteiger partial charge < -0.3 is 15.0 Å². The molecule has 136 valence electrons. The number of nitro groups is 2. The number of benzene rings is 1. The molecule has 1 atom stereocenters. The third kappa shape index (κ3) is 4.78. The highest BCUT2D eigenvalue weighted by Gasteiger charge is 2.30. The van der Waals surface area contributed by atoms with Gasteiger partial charge in [-0.2, -0.15) is 0 Å². The third-order valence-corrected chi connectivity index (χ3v) is 3.62. The van der Waals surface area contributed by atoms with Gasteiger partial charge in [0.2, 0.25) is 0 Å². The summed E-state index contributed by atoms with van der Waals surface area (Å²) < 4.78 is 5.19. The van der Waals surface area contributed by atoms with Gasteiger partial charge in [0.25, 0.3) is 11.4 Å². The van der Waals surface area contributed by atoms with E-state index in [0.29, 0.717) is 25.2 Å². The molecule has 1 saturated heterocycles. The van der Waals surface area contributed by atoms with Crippen LogP contribution in [0.25, 0.3) is 0 Å². The average molecular weight is 352 g/mol. The minimum Gasteiger partial charge on any atom is -0.444 e. The Morgan fingerprint density at radius 1 is 1.28 bits per heavy atom. The lowest BCUT2D eigenvalue weighted by atomic mass is 10.2. The van der Waals surface area contributed by atoms with Crippen LogP contribution < -0.4 is 10.2 Å². The highest BCUT2D eigenvalue weighted by atomic mass is 16.6. The summed E-state index contributed by atoms with van der Waals surface area (Å²) in [6, 6.07) is 3.33. The van der Waals surface area contributed by atoms with Crippen LogP contribution in [0, 0.1) is 20.2 Å². The Morgan fingerprint density at radius 2 is 1.96 bits per heavy atom. The number of hydrogen-bond donors (Lipinski definition) is 1. The van der Waals surface area contributed by atoms with Crippen LogP contribution in [0.5, 0.6) is 0 Å². The maximum absolute atomic E-state index is 11.8. The van der Waals surface area contributed by atoms with E-state index in [-0.39, 0.29) is 17.4 Å². The van der Waals surface area contributed by atoms with Gasteiger partial charge in [0.15, 0.2) is 0 Å². The molecule has 0 unspecified atom stereocenters. The largest absolute Gasteiger partial charge is 0.444 e. The number of alkyl carbamates (subject to hydrolysis) is 1. The van der Waals surface area contributed by atoms with Crippen LogP contribution in [0.2, 0.25) is 0 Å². The molecule has 0 saturated carbocycles. The lowest BCUT2D eigenvalue weighted by Crippen LogP contribution is -2.40. The summed E-state index contributed by atoms with van der Waals surface area (Å²) in [6.07, 6.45) is 0.0467. The molecule has 0 aliphatic carbocycles. The fourth-order valence-electron chi connectivity index (χ4n) is 2.61. The molecule has 1 aliphatic rings. The van der Waals surface area contributed by atoms with Crippen molar-refractivity contribution < 1.29 is 19.4 Å². The molecule has 0 bridgehead atoms. The number of carbonyl (C=O) groups is 1. The van der Waals surface area contributed by atoms with Crippen molar-refractivity contribution in [2.75, 3.05) is 18.0 Å². The molecule has 2 rings (SSSR count). The van der Waals surface area contributed by atoms with E-state index in [0.717, 1.165) is 6.07 Å². The molecule has 25 heavy (non-hydrogen) atoms.